The van der Waals surface area contributed by atoms with E-state index in [0.717, 1.165) is 12.8 Å². The summed E-state index contributed by atoms with van der Waals surface area (Å²) < 4.78 is 13.1. The molecule has 0 bridgehead atoms. The lowest BCUT2D eigenvalue weighted by molar-refractivity contribution is -0.125. The van der Waals surface area contributed by atoms with Crippen LogP contribution in [0.3, 0.4) is 0 Å². The molecule has 2 aromatic rings. The molecule has 0 unspecified atom stereocenters. The second-order valence-electron chi connectivity index (χ2n) is 4.80. The first-order valence-corrected chi connectivity index (χ1v) is 6.61. The maximum atomic E-state index is 13.1. The van der Waals surface area contributed by atoms with Crippen molar-refractivity contribution in [3.05, 3.63) is 35.8 Å². The SMILES string of the molecule is CCCCN(C)C(=O)C(=O)c1c[nH]c2cc(F)ccc12. The van der Waals surface area contributed by atoms with E-state index >= 15 is 0 Å². The van der Waals surface area contributed by atoms with E-state index in [1.807, 2.05) is 6.92 Å². The van der Waals surface area contributed by atoms with E-state index in [4.69, 9.17) is 0 Å². The monoisotopic (exact) mass is 276 g/mol. The van der Waals surface area contributed by atoms with Gasteiger partial charge in [0, 0.05) is 30.7 Å². The molecule has 1 aromatic carbocycles. The van der Waals surface area contributed by atoms with Gasteiger partial charge in [0.2, 0.25) is 0 Å². The molecule has 1 heterocycles. The Balaban J connectivity index is 2.25. The molecule has 0 fully saturated rings. The number of nitrogens with zero attached hydrogens (tertiary/aromatic N) is 1. The highest BCUT2D eigenvalue weighted by atomic mass is 19.1. The highest BCUT2D eigenvalue weighted by Gasteiger charge is 2.22. The molecular weight excluding hydrogens is 259 g/mol. The molecule has 0 aliphatic carbocycles. The number of amides is 1. The Hall–Kier alpha value is -2.17. The van der Waals surface area contributed by atoms with Crippen molar-refractivity contribution in [2.75, 3.05) is 13.6 Å². The van der Waals surface area contributed by atoms with Gasteiger partial charge >= 0.3 is 0 Å². The lowest BCUT2D eigenvalue weighted by Crippen LogP contribution is -2.33. The number of rotatable bonds is 5. The van der Waals surface area contributed by atoms with Gasteiger partial charge in [-0.2, -0.15) is 0 Å². The third-order valence-electron chi connectivity index (χ3n) is 3.28. The van der Waals surface area contributed by atoms with Crippen LogP contribution in [-0.2, 0) is 4.79 Å². The van der Waals surface area contributed by atoms with Crippen LogP contribution in [0.2, 0.25) is 0 Å². The fourth-order valence-electron chi connectivity index (χ4n) is 2.07. The molecule has 2 rings (SSSR count). The summed E-state index contributed by atoms with van der Waals surface area (Å²) in [6.07, 6.45) is 3.27. The molecule has 5 heteroatoms. The minimum atomic E-state index is -0.568. The van der Waals surface area contributed by atoms with Crippen LogP contribution >= 0.6 is 0 Å². The van der Waals surface area contributed by atoms with Gasteiger partial charge in [-0.25, -0.2) is 4.39 Å². The van der Waals surface area contributed by atoms with E-state index in [2.05, 4.69) is 4.98 Å². The number of aromatic amines is 1. The summed E-state index contributed by atoms with van der Waals surface area (Å²) in [6, 6.07) is 4.09. The molecular formula is C15H17FN2O2. The van der Waals surface area contributed by atoms with Crippen molar-refractivity contribution in [1.29, 1.82) is 0 Å². The van der Waals surface area contributed by atoms with Crippen LogP contribution in [0.25, 0.3) is 10.9 Å². The highest BCUT2D eigenvalue weighted by molar-refractivity contribution is 6.44. The second kappa shape index (κ2) is 5.86. The van der Waals surface area contributed by atoms with Crippen LogP contribution in [0, 0.1) is 5.82 Å². The Labute approximate surface area is 116 Å². The normalized spacial score (nSPS) is 10.8. The zero-order chi connectivity index (χ0) is 14.7. The number of carbonyl (C=O) groups is 2. The van der Waals surface area contributed by atoms with E-state index in [1.165, 1.54) is 29.3 Å². The van der Waals surface area contributed by atoms with Gasteiger partial charge in [-0.3, -0.25) is 9.59 Å². The first kappa shape index (κ1) is 14.2. The number of unbranched alkanes of at least 4 members (excludes halogenated alkanes) is 1. The number of hydrogen-bond acceptors (Lipinski definition) is 2. The van der Waals surface area contributed by atoms with Gasteiger partial charge in [0.15, 0.2) is 0 Å². The summed E-state index contributed by atoms with van der Waals surface area (Å²) in [6.45, 7) is 2.58. The first-order valence-electron chi connectivity index (χ1n) is 6.61. The van der Waals surface area contributed by atoms with Crippen LogP contribution in [0.15, 0.2) is 24.4 Å². The minimum absolute atomic E-state index is 0.286. The van der Waals surface area contributed by atoms with Crippen LogP contribution in [0.5, 0.6) is 0 Å². The number of benzene rings is 1. The van der Waals surface area contributed by atoms with Crippen LogP contribution < -0.4 is 0 Å². The quantitative estimate of drug-likeness (QED) is 0.674. The van der Waals surface area contributed by atoms with Gasteiger partial charge in [-0.1, -0.05) is 13.3 Å². The molecule has 106 valence electrons. The van der Waals surface area contributed by atoms with Crippen LogP contribution in [-0.4, -0.2) is 35.2 Å². The summed E-state index contributed by atoms with van der Waals surface area (Å²) in [5.41, 5.74) is 0.797. The molecule has 0 aliphatic heterocycles. The Morgan fingerprint density at radius 1 is 1.35 bits per heavy atom. The summed E-state index contributed by atoms with van der Waals surface area (Å²) >= 11 is 0. The van der Waals surface area contributed by atoms with Gasteiger partial charge in [-0.05, 0) is 24.6 Å². The third kappa shape index (κ3) is 2.71. The van der Waals surface area contributed by atoms with Crippen molar-refractivity contribution in [3.8, 4) is 0 Å². The second-order valence-corrected chi connectivity index (χ2v) is 4.80. The molecule has 0 saturated carbocycles. The number of carbonyl (C=O) groups excluding carboxylic acids is 2. The van der Waals surface area contributed by atoms with E-state index in [1.54, 1.807) is 7.05 Å². The molecule has 1 N–H and O–H groups in total. The lowest BCUT2D eigenvalue weighted by Gasteiger charge is -2.15. The van der Waals surface area contributed by atoms with Crippen LogP contribution in [0.1, 0.15) is 30.1 Å². The molecule has 0 saturated heterocycles. The summed E-state index contributed by atoms with van der Waals surface area (Å²) in [5.74, 6) is -1.49. The van der Waals surface area contributed by atoms with Gasteiger partial charge in [0.1, 0.15) is 5.82 Å². The van der Waals surface area contributed by atoms with Gasteiger partial charge in [0.05, 0.1) is 5.56 Å². The molecule has 1 amide bonds. The van der Waals surface area contributed by atoms with Crippen molar-refractivity contribution in [3.63, 3.8) is 0 Å². The Bertz CT molecular complexity index is 648. The van der Waals surface area contributed by atoms with Gasteiger partial charge in [-0.15, -0.1) is 0 Å². The van der Waals surface area contributed by atoms with E-state index < -0.39 is 11.7 Å². The van der Waals surface area contributed by atoms with Crippen molar-refractivity contribution < 1.29 is 14.0 Å². The fourth-order valence-corrected chi connectivity index (χ4v) is 2.07. The average molecular weight is 276 g/mol. The first-order chi connectivity index (χ1) is 9.54. The van der Waals surface area contributed by atoms with Crippen molar-refractivity contribution in [1.82, 2.24) is 9.88 Å². The lowest BCUT2D eigenvalue weighted by atomic mass is 10.1. The number of aromatic nitrogens is 1. The Kier molecular flexibility index (Phi) is 4.17. The van der Waals surface area contributed by atoms with Crippen molar-refractivity contribution in [2.45, 2.75) is 19.8 Å². The predicted octanol–water partition coefficient (Wildman–Crippen LogP) is 2.75. The van der Waals surface area contributed by atoms with Crippen molar-refractivity contribution in [2.24, 2.45) is 0 Å². The zero-order valence-electron chi connectivity index (χ0n) is 11.6. The largest absolute Gasteiger partial charge is 0.360 e. The molecule has 0 aliphatic rings. The van der Waals surface area contributed by atoms with Gasteiger partial charge in [0.25, 0.3) is 11.7 Å². The van der Waals surface area contributed by atoms with Crippen molar-refractivity contribution >= 4 is 22.6 Å². The molecule has 1 aromatic heterocycles. The maximum absolute atomic E-state index is 13.1. The third-order valence-corrected chi connectivity index (χ3v) is 3.28. The van der Waals surface area contributed by atoms with Gasteiger partial charge < -0.3 is 9.88 Å². The standard InChI is InChI=1S/C15H17FN2O2/c1-3-4-7-18(2)15(20)14(19)12-9-17-13-8-10(16)5-6-11(12)13/h5-6,8-9,17H,3-4,7H2,1-2H3. The number of fused-ring (bicyclic) bond motifs is 1. The molecule has 0 spiro atoms. The molecule has 20 heavy (non-hydrogen) atoms. The number of likely N-dealkylation sites (N-methyl/N-ethyl adjacent to an activating group) is 1. The number of halogens is 1. The molecule has 0 radical (unpaired) electrons. The number of ketones is 1. The number of H-pyrrole nitrogens is 1. The Morgan fingerprint density at radius 2 is 2.10 bits per heavy atom. The number of nitrogens with one attached hydrogen (secondary N) is 1. The van der Waals surface area contributed by atoms with E-state index in [9.17, 15) is 14.0 Å². The molecule has 4 nitrogen and oxygen atoms in total. The topological polar surface area (TPSA) is 53.2 Å². The highest BCUT2D eigenvalue weighted by Crippen LogP contribution is 2.20. The minimum Gasteiger partial charge on any atom is -0.360 e. The summed E-state index contributed by atoms with van der Waals surface area (Å²) in [4.78, 5) is 28.5. The van der Waals surface area contributed by atoms with E-state index in [-0.39, 0.29) is 11.4 Å². The average Bonchev–Trinajstić information content (AvgIpc) is 2.85. The predicted molar refractivity (Wildman–Crippen MR) is 75.1 cm³/mol. The summed E-state index contributed by atoms with van der Waals surface area (Å²) in [5, 5.41) is 0.564. The smallest absolute Gasteiger partial charge is 0.294 e. The number of Topliss-reactive ketones (excluding diaryl/α,β-unsaturated/α-hetero) is 1. The maximum Gasteiger partial charge on any atom is 0.294 e. The van der Waals surface area contributed by atoms with Crippen LogP contribution in [0.4, 0.5) is 4.39 Å². The zero-order valence-corrected chi connectivity index (χ0v) is 11.6. The summed E-state index contributed by atoms with van der Waals surface area (Å²) in [7, 11) is 1.62. The fraction of sp³-hybridized carbons (Fsp3) is 0.333. The molecule has 0 atom stereocenters. The number of hydrogen-bond donors (Lipinski definition) is 1. The Morgan fingerprint density at radius 3 is 2.80 bits per heavy atom. The van der Waals surface area contributed by atoms with E-state index in [0.29, 0.717) is 17.4 Å².